The maximum absolute atomic E-state index is 14.0. The van der Waals surface area contributed by atoms with Gasteiger partial charge in [-0.2, -0.15) is 0 Å². The molecule has 0 radical (unpaired) electrons. The van der Waals surface area contributed by atoms with Crippen LogP contribution in [-0.4, -0.2) is 18.4 Å². The summed E-state index contributed by atoms with van der Waals surface area (Å²) in [4.78, 5) is 26.1. The van der Waals surface area contributed by atoms with Crippen LogP contribution in [0.1, 0.15) is 16.1 Å². The average Bonchev–Trinajstić information content (AvgIpc) is 3.12. The molecule has 1 N–H and O–H groups in total. The zero-order valence-electron chi connectivity index (χ0n) is 14.4. The normalized spacial score (nSPS) is 13.1. The molecule has 1 aromatic heterocycles. The van der Waals surface area contributed by atoms with Crippen LogP contribution in [0.15, 0.2) is 63.7 Å². The van der Waals surface area contributed by atoms with Gasteiger partial charge in [0, 0.05) is 11.3 Å². The fourth-order valence-electron chi connectivity index (χ4n) is 2.88. The molecular formula is C20H14BrFN2O4. The molecule has 0 saturated carbocycles. The third kappa shape index (κ3) is 3.63. The fraction of sp³-hybridized carbons (Fsp3) is 0.100. The summed E-state index contributed by atoms with van der Waals surface area (Å²) in [7, 11) is 0. The molecule has 142 valence electrons. The molecule has 0 unspecified atom stereocenters. The van der Waals surface area contributed by atoms with Gasteiger partial charge in [-0.05, 0) is 52.3 Å². The molecular weight excluding hydrogens is 431 g/mol. The van der Waals surface area contributed by atoms with Gasteiger partial charge in [0.2, 0.25) is 0 Å². The summed E-state index contributed by atoms with van der Waals surface area (Å²) >= 11 is 3.15. The van der Waals surface area contributed by atoms with Gasteiger partial charge in [0.25, 0.3) is 11.8 Å². The number of carbonyl (C=O) groups excluding carboxylic acids is 2. The van der Waals surface area contributed by atoms with E-state index in [4.69, 9.17) is 9.15 Å². The lowest BCUT2D eigenvalue weighted by molar-refractivity contribution is -0.121. The van der Waals surface area contributed by atoms with Crippen LogP contribution >= 0.6 is 15.9 Å². The number of hydrogen-bond donors (Lipinski definition) is 1. The number of hydrogen-bond acceptors (Lipinski definition) is 4. The van der Waals surface area contributed by atoms with Crippen LogP contribution in [0.4, 0.5) is 15.8 Å². The topological polar surface area (TPSA) is 71.8 Å². The summed E-state index contributed by atoms with van der Waals surface area (Å²) in [5.41, 5.74) is 1.30. The highest BCUT2D eigenvalue weighted by molar-refractivity contribution is 9.10. The van der Waals surface area contributed by atoms with Crippen LogP contribution < -0.4 is 15.0 Å². The van der Waals surface area contributed by atoms with E-state index in [1.807, 2.05) is 0 Å². The van der Waals surface area contributed by atoms with E-state index >= 15 is 0 Å². The van der Waals surface area contributed by atoms with Gasteiger partial charge in [-0.25, -0.2) is 4.39 Å². The van der Waals surface area contributed by atoms with Crippen LogP contribution in [0.5, 0.6) is 5.75 Å². The van der Waals surface area contributed by atoms with E-state index in [9.17, 15) is 14.0 Å². The summed E-state index contributed by atoms with van der Waals surface area (Å²) < 4.78 is 25.2. The zero-order chi connectivity index (χ0) is 19.7. The van der Waals surface area contributed by atoms with E-state index in [-0.39, 0.29) is 24.8 Å². The molecule has 2 heterocycles. The van der Waals surface area contributed by atoms with Crippen molar-refractivity contribution in [2.45, 2.75) is 6.54 Å². The SMILES string of the molecule is O=C(Nc1ccc2c(c1)N(Cc1ccccc1F)C(=O)CO2)c1ccc(Br)o1. The Hall–Kier alpha value is -3.13. The van der Waals surface area contributed by atoms with Gasteiger partial charge in [-0.3, -0.25) is 9.59 Å². The fourth-order valence-corrected chi connectivity index (χ4v) is 3.19. The minimum atomic E-state index is -0.436. The lowest BCUT2D eigenvalue weighted by Gasteiger charge is -2.30. The minimum Gasteiger partial charge on any atom is -0.482 e. The Balaban J connectivity index is 1.62. The smallest absolute Gasteiger partial charge is 0.291 e. The standard InChI is InChI=1S/C20H14BrFN2O4/c21-18-8-7-17(28-18)20(26)23-13-5-6-16-15(9-13)24(19(25)11-27-16)10-12-3-1-2-4-14(12)22/h1-9H,10-11H2,(H,23,26). The molecule has 6 nitrogen and oxygen atoms in total. The summed E-state index contributed by atoms with van der Waals surface area (Å²) in [6.07, 6.45) is 0. The zero-order valence-corrected chi connectivity index (χ0v) is 16.0. The number of carbonyl (C=O) groups is 2. The molecule has 0 aliphatic carbocycles. The van der Waals surface area contributed by atoms with Crippen LogP contribution in [-0.2, 0) is 11.3 Å². The van der Waals surface area contributed by atoms with Gasteiger partial charge in [0.05, 0.1) is 12.2 Å². The number of ether oxygens (including phenoxy) is 1. The Labute approximate surface area is 168 Å². The van der Waals surface area contributed by atoms with Gasteiger partial charge in [0.15, 0.2) is 17.0 Å². The summed E-state index contributed by atoms with van der Waals surface area (Å²) in [6, 6.07) is 14.4. The van der Waals surface area contributed by atoms with Crippen molar-refractivity contribution < 1.29 is 23.1 Å². The number of rotatable bonds is 4. The van der Waals surface area contributed by atoms with Crippen molar-refractivity contribution >= 4 is 39.1 Å². The maximum Gasteiger partial charge on any atom is 0.291 e. The summed E-state index contributed by atoms with van der Waals surface area (Å²) in [5, 5.41) is 2.71. The van der Waals surface area contributed by atoms with Crippen LogP contribution in [0.3, 0.4) is 0 Å². The number of nitrogens with zero attached hydrogens (tertiary/aromatic N) is 1. The molecule has 8 heteroatoms. The molecule has 2 aromatic carbocycles. The van der Waals surface area contributed by atoms with E-state index in [0.29, 0.717) is 27.4 Å². The molecule has 0 atom stereocenters. The Morgan fingerprint density at radius 1 is 1.18 bits per heavy atom. The Kier molecular flexibility index (Phi) is 4.87. The van der Waals surface area contributed by atoms with Gasteiger partial charge in [-0.1, -0.05) is 18.2 Å². The molecule has 3 aromatic rings. The van der Waals surface area contributed by atoms with Crippen molar-refractivity contribution in [3.05, 3.63) is 76.4 Å². The molecule has 0 saturated heterocycles. The Morgan fingerprint density at radius 3 is 2.75 bits per heavy atom. The number of nitrogens with one attached hydrogen (secondary N) is 1. The first-order valence-corrected chi connectivity index (χ1v) is 9.18. The molecule has 0 fully saturated rings. The average molecular weight is 445 g/mol. The number of furan rings is 1. The largest absolute Gasteiger partial charge is 0.482 e. The van der Waals surface area contributed by atoms with Gasteiger partial charge >= 0.3 is 0 Å². The second-order valence-electron chi connectivity index (χ2n) is 6.10. The predicted molar refractivity (Wildman–Crippen MR) is 104 cm³/mol. The molecule has 1 aliphatic heterocycles. The van der Waals surface area contributed by atoms with Crippen LogP contribution in [0.2, 0.25) is 0 Å². The van der Waals surface area contributed by atoms with Crippen LogP contribution in [0.25, 0.3) is 0 Å². The first kappa shape index (κ1) is 18.2. The molecule has 2 amide bonds. The molecule has 0 bridgehead atoms. The number of anilines is 2. The second-order valence-corrected chi connectivity index (χ2v) is 6.88. The quantitative estimate of drug-likeness (QED) is 0.648. The summed E-state index contributed by atoms with van der Waals surface area (Å²) in [5.74, 6) is -0.505. The van der Waals surface area contributed by atoms with E-state index in [0.717, 1.165) is 0 Å². The number of halogens is 2. The first-order chi connectivity index (χ1) is 13.5. The third-order valence-electron chi connectivity index (χ3n) is 4.24. The van der Waals surface area contributed by atoms with E-state index in [1.165, 1.54) is 17.0 Å². The second kappa shape index (κ2) is 7.47. The first-order valence-electron chi connectivity index (χ1n) is 8.38. The number of benzene rings is 2. The molecule has 28 heavy (non-hydrogen) atoms. The monoisotopic (exact) mass is 444 g/mol. The van der Waals surface area contributed by atoms with E-state index in [2.05, 4.69) is 21.2 Å². The van der Waals surface area contributed by atoms with Gasteiger partial charge in [-0.15, -0.1) is 0 Å². The minimum absolute atomic E-state index is 0.0599. The highest BCUT2D eigenvalue weighted by Gasteiger charge is 2.27. The van der Waals surface area contributed by atoms with Crippen molar-refractivity contribution in [2.75, 3.05) is 16.8 Å². The van der Waals surface area contributed by atoms with Gasteiger partial charge in [0.1, 0.15) is 11.6 Å². The summed E-state index contributed by atoms with van der Waals surface area (Å²) in [6.45, 7) is -0.0715. The number of fused-ring (bicyclic) bond motifs is 1. The van der Waals surface area contributed by atoms with E-state index < -0.39 is 11.7 Å². The third-order valence-corrected chi connectivity index (χ3v) is 4.67. The van der Waals surface area contributed by atoms with Crippen molar-refractivity contribution in [1.82, 2.24) is 0 Å². The van der Waals surface area contributed by atoms with Gasteiger partial charge < -0.3 is 19.4 Å². The van der Waals surface area contributed by atoms with Crippen molar-refractivity contribution in [3.63, 3.8) is 0 Å². The highest BCUT2D eigenvalue weighted by Crippen LogP contribution is 2.36. The van der Waals surface area contributed by atoms with Crippen LogP contribution in [0, 0.1) is 5.82 Å². The Morgan fingerprint density at radius 2 is 2.00 bits per heavy atom. The molecule has 1 aliphatic rings. The maximum atomic E-state index is 14.0. The Bertz CT molecular complexity index is 1070. The highest BCUT2D eigenvalue weighted by atomic mass is 79.9. The lowest BCUT2D eigenvalue weighted by atomic mass is 10.1. The van der Waals surface area contributed by atoms with E-state index in [1.54, 1.807) is 42.5 Å². The van der Waals surface area contributed by atoms with Crippen molar-refractivity contribution in [3.8, 4) is 5.75 Å². The predicted octanol–water partition coefficient (Wildman–Crippen LogP) is 4.36. The molecule has 4 rings (SSSR count). The lowest BCUT2D eigenvalue weighted by Crippen LogP contribution is -2.38. The number of amides is 2. The van der Waals surface area contributed by atoms with Crippen molar-refractivity contribution in [1.29, 1.82) is 0 Å². The molecule has 0 spiro atoms. The van der Waals surface area contributed by atoms with Crippen molar-refractivity contribution in [2.24, 2.45) is 0 Å².